The Morgan fingerprint density at radius 3 is 2.94 bits per heavy atom. The van der Waals surface area contributed by atoms with Crippen LogP contribution in [0, 0.1) is 0 Å². The third-order valence-electron chi connectivity index (χ3n) is 2.72. The molecule has 2 heterocycles. The molecule has 1 N–H and O–H groups in total. The van der Waals surface area contributed by atoms with Crippen molar-refractivity contribution in [2.24, 2.45) is 0 Å². The maximum Gasteiger partial charge on any atom is 0.142 e. The van der Waals surface area contributed by atoms with Gasteiger partial charge in [0.05, 0.1) is 11.2 Å². The van der Waals surface area contributed by atoms with E-state index < -0.39 is 0 Å². The molecule has 4 heteroatoms. The molecule has 0 atom stereocenters. The summed E-state index contributed by atoms with van der Waals surface area (Å²) in [5.74, 6) is 0. The Hall–Kier alpha value is -1.78. The molecule has 0 aliphatic heterocycles. The van der Waals surface area contributed by atoms with E-state index >= 15 is 0 Å². The van der Waals surface area contributed by atoms with Crippen LogP contribution in [-0.4, -0.2) is 17.0 Å². The predicted molar refractivity (Wildman–Crippen MR) is 75.6 cm³/mol. The number of fused-ring (bicyclic) bond motifs is 1. The van der Waals surface area contributed by atoms with Crippen LogP contribution >= 0.6 is 11.3 Å². The number of thiazole rings is 1. The topological polar surface area (TPSA) is 37.8 Å². The van der Waals surface area contributed by atoms with Gasteiger partial charge in [-0.25, -0.2) is 9.97 Å². The fraction of sp³-hybridized carbons (Fsp3) is 0.143. The number of rotatable bonds is 3. The second-order valence-corrected chi connectivity index (χ2v) is 5.17. The summed E-state index contributed by atoms with van der Waals surface area (Å²) in [4.78, 5) is 10.3. The Balaban J connectivity index is 2.02. The van der Waals surface area contributed by atoms with Crippen LogP contribution in [0.2, 0.25) is 0 Å². The van der Waals surface area contributed by atoms with Crippen molar-refractivity contribution in [1.29, 1.82) is 0 Å². The highest BCUT2D eigenvalue weighted by atomic mass is 32.1. The van der Waals surface area contributed by atoms with Gasteiger partial charge in [-0.05, 0) is 19.2 Å². The highest BCUT2D eigenvalue weighted by Gasteiger charge is 2.06. The van der Waals surface area contributed by atoms with E-state index in [4.69, 9.17) is 0 Å². The largest absolute Gasteiger partial charge is 0.315 e. The van der Waals surface area contributed by atoms with E-state index in [1.54, 1.807) is 11.3 Å². The summed E-state index contributed by atoms with van der Waals surface area (Å²) in [6.45, 7) is 0.852. The minimum Gasteiger partial charge on any atom is -0.315 e. The number of nitrogens with zero attached hydrogens (tertiary/aromatic N) is 2. The molecule has 0 bridgehead atoms. The van der Waals surface area contributed by atoms with Crippen LogP contribution in [0.4, 0.5) is 0 Å². The fourth-order valence-corrected chi connectivity index (χ4v) is 2.76. The second kappa shape index (κ2) is 4.84. The summed E-state index contributed by atoms with van der Waals surface area (Å²) in [6, 6.07) is 12.3. The average molecular weight is 255 g/mol. The first-order valence-corrected chi connectivity index (χ1v) is 6.64. The summed E-state index contributed by atoms with van der Waals surface area (Å²) in [6.07, 6.45) is 1.91. The van der Waals surface area contributed by atoms with E-state index in [1.165, 1.54) is 4.88 Å². The molecular formula is C14H13N3S. The molecule has 3 rings (SSSR count). The van der Waals surface area contributed by atoms with Crippen LogP contribution in [-0.2, 0) is 6.54 Å². The summed E-state index contributed by atoms with van der Waals surface area (Å²) < 4.78 is 0. The number of para-hydroxylation sites is 1. The lowest BCUT2D eigenvalue weighted by molar-refractivity contribution is 0.829. The van der Waals surface area contributed by atoms with E-state index in [0.717, 1.165) is 28.1 Å². The standard InChI is InChI=1S/C14H13N3S/c1-15-8-11-9-16-14(18-11)13-7-6-10-4-2-3-5-12(10)17-13/h2-7,9,15H,8H2,1H3. The van der Waals surface area contributed by atoms with Crippen molar-refractivity contribution in [2.45, 2.75) is 6.54 Å². The number of benzene rings is 1. The average Bonchev–Trinajstić information content (AvgIpc) is 2.87. The number of hydrogen-bond acceptors (Lipinski definition) is 4. The Bertz CT molecular complexity index is 675. The fourth-order valence-electron chi connectivity index (χ4n) is 1.87. The molecule has 3 aromatic rings. The number of hydrogen-bond donors (Lipinski definition) is 1. The molecule has 0 saturated heterocycles. The Morgan fingerprint density at radius 2 is 2.06 bits per heavy atom. The van der Waals surface area contributed by atoms with Crippen LogP contribution in [0.5, 0.6) is 0 Å². The normalized spacial score (nSPS) is 10.9. The summed E-state index contributed by atoms with van der Waals surface area (Å²) in [5, 5.41) is 5.27. The minimum absolute atomic E-state index is 0.852. The van der Waals surface area contributed by atoms with Crippen LogP contribution in [0.15, 0.2) is 42.6 Å². The van der Waals surface area contributed by atoms with Gasteiger partial charge in [0.15, 0.2) is 0 Å². The van der Waals surface area contributed by atoms with Crippen LogP contribution < -0.4 is 5.32 Å². The van der Waals surface area contributed by atoms with Crippen LogP contribution in [0.25, 0.3) is 21.6 Å². The molecular weight excluding hydrogens is 242 g/mol. The van der Waals surface area contributed by atoms with Gasteiger partial charge < -0.3 is 5.32 Å². The first-order chi connectivity index (χ1) is 8.86. The van der Waals surface area contributed by atoms with Gasteiger partial charge in [-0.15, -0.1) is 11.3 Å². The van der Waals surface area contributed by atoms with Gasteiger partial charge in [0, 0.05) is 23.0 Å². The molecule has 2 aromatic heterocycles. The van der Waals surface area contributed by atoms with Gasteiger partial charge in [0.2, 0.25) is 0 Å². The Kier molecular flexibility index (Phi) is 3.04. The van der Waals surface area contributed by atoms with E-state index in [0.29, 0.717) is 0 Å². The lowest BCUT2D eigenvalue weighted by atomic mass is 10.2. The molecule has 1 aromatic carbocycles. The van der Waals surface area contributed by atoms with Gasteiger partial charge >= 0.3 is 0 Å². The van der Waals surface area contributed by atoms with Gasteiger partial charge in [0.25, 0.3) is 0 Å². The van der Waals surface area contributed by atoms with Crippen molar-refractivity contribution in [2.75, 3.05) is 7.05 Å². The number of nitrogens with one attached hydrogen (secondary N) is 1. The maximum absolute atomic E-state index is 4.65. The summed E-state index contributed by atoms with van der Waals surface area (Å²) in [7, 11) is 1.94. The molecule has 18 heavy (non-hydrogen) atoms. The van der Waals surface area contributed by atoms with Crippen molar-refractivity contribution >= 4 is 22.2 Å². The zero-order valence-electron chi connectivity index (χ0n) is 10.1. The quantitative estimate of drug-likeness (QED) is 0.781. The predicted octanol–water partition coefficient (Wildman–Crippen LogP) is 3.08. The summed E-state index contributed by atoms with van der Waals surface area (Å²) >= 11 is 1.68. The molecule has 0 amide bonds. The highest BCUT2D eigenvalue weighted by Crippen LogP contribution is 2.25. The zero-order valence-corrected chi connectivity index (χ0v) is 10.9. The van der Waals surface area contributed by atoms with Gasteiger partial charge in [0.1, 0.15) is 5.01 Å². The monoisotopic (exact) mass is 255 g/mol. The molecule has 0 radical (unpaired) electrons. The molecule has 0 saturated carbocycles. The molecule has 3 nitrogen and oxygen atoms in total. The van der Waals surface area contributed by atoms with E-state index in [2.05, 4.69) is 27.4 Å². The van der Waals surface area contributed by atoms with Gasteiger partial charge in [-0.3, -0.25) is 0 Å². The molecule has 0 spiro atoms. The lowest BCUT2D eigenvalue weighted by Crippen LogP contribution is -2.02. The van der Waals surface area contributed by atoms with Crippen LogP contribution in [0.3, 0.4) is 0 Å². The molecule has 90 valence electrons. The van der Waals surface area contributed by atoms with Crippen molar-refractivity contribution < 1.29 is 0 Å². The Labute approximate surface area is 110 Å². The molecule has 0 unspecified atom stereocenters. The minimum atomic E-state index is 0.852. The lowest BCUT2D eigenvalue weighted by Gasteiger charge is -1.99. The Morgan fingerprint density at radius 1 is 1.17 bits per heavy atom. The van der Waals surface area contributed by atoms with E-state index in [-0.39, 0.29) is 0 Å². The van der Waals surface area contributed by atoms with Gasteiger partial charge in [-0.1, -0.05) is 24.3 Å². The SMILES string of the molecule is CNCc1cnc(-c2ccc3ccccc3n2)s1. The van der Waals surface area contributed by atoms with Crippen molar-refractivity contribution in [3.05, 3.63) is 47.5 Å². The third kappa shape index (κ3) is 2.12. The maximum atomic E-state index is 4.65. The third-order valence-corrected chi connectivity index (χ3v) is 3.74. The van der Waals surface area contributed by atoms with Crippen molar-refractivity contribution in [1.82, 2.24) is 15.3 Å². The number of pyridine rings is 1. The van der Waals surface area contributed by atoms with Crippen molar-refractivity contribution in [3.8, 4) is 10.7 Å². The van der Waals surface area contributed by atoms with E-state index in [9.17, 15) is 0 Å². The number of aromatic nitrogens is 2. The first kappa shape index (κ1) is 11.3. The first-order valence-electron chi connectivity index (χ1n) is 5.82. The molecule has 0 aliphatic rings. The molecule has 0 fully saturated rings. The smallest absolute Gasteiger partial charge is 0.142 e. The van der Waals surface area contributed by atoms with Crippen LogP contribution in [0.1, 0.15) is 4.88 Å². The zero-order chi connectivity index (χ0) is 12.4. The highest BCUT2D eigenvalue weighted by molar-refractivity contribution is 7.15. The van der Waals surface area contributed by atoms with E-state index in [1.807, 2.05) is 37.5 Å². The second-order valence-electron chi connectivity index (χ2n) is 4.05. The van der Waals surface area contributed by atoms with Crippen molar-refractivity contribution in [3.63, 3.8) is 0 Å². The summed E-state index contributed by atoms with van der Waals surface area (Å²) in [5.41, 5.74) is 1.96. The molecule has 0 aliphatic carbocycles. The van der Waals surface area contributed by atoms with Gasteiger partial charge in [-0.2, -0.15) is 0 Å².